The molecule has 0 aromatic heterocycles. The van der Waals surface area contributed by atoms with Crippen LogP contribution in [0.1, 0.15) is 16.8 Å². The first-order valence-corrected chi connectivity index (χ1v) is 4.96. The van der Waals surface area contributed by atoms with Crippen molar-refractivity contribution >= 4 is 5.91 Å². The number of carbonyl (C=O) groups is 1. The molecule has 16 heavy (non-hydrogen) atoms. The fourth-order valence-electron chi connectivity index (χ4n) is 1.33. The van der Waals surface area contributed by atoms with Crippen LogP contribution >= 0.6 is 0 Å². The number of halogens is 2. The maximum Gasteiger partial charge on any atom is 0.253 e. The van der Waals surface area contributed by atoms with Crippen LogP contribution in [0.3, 0.4) is 0 Å². The average Bonchev–Trinajstić information content (AvgIpc) is 2.23. The minimum absolute atomic E-state index is 0.0111. The van der Waals surface area contributed by atoms with Crippen molar-refractivity contribution < 1.29 is 13.6 Å². The molecule has 0 fully saturated rings. The van der Waals surface area contributed by atoms with Crippen molar-refractivity contribution in [1.29, 1.82) is 0 Å². The Labute approximate surface area is 92.8 Å². The minimum Gasteiger partial charge on any atom is -0.342 e. The molecule has 1 amide bonds. The second-order valence-electron chi connectivity index (χ2n) is 3.53. The lowest BCUT2D eigenvalue weighted by molar-refractivity contribution is 0.0793. The largest absolute Gasteiger partial charge is 0.342 e. The Hall–Kier alpha value is -1.49. The molecule has 1 aromatic carbocycles. The lowest BCUT2D eigenvalue weighted by Crippen LogP contribution is -2.29. The summed E-state index contributed by atoms with van der Waals surface area (Å²) < 4.78 is 25.7. The van der Waals surface area contributed by atoms with E-state index in [1.807, 2.05) is 0 Å². The van der Waals surface area contributed by atoms with E-state index in [0.717, 1.165) is 18.2 Å². The highest BCUT2D eigenvalue weighted by atomic mass is 19.1. The zero-order chi connectivity index (χ0) is 12.1. The lowest BCUT2D eigenvalue weighted by Gasteiger charge is -2.16. The standard InChI is InChI=1S/C11H14F2N2O/c1-15(4-2-3-14)11(16)8-5-9(12)7-10(13)6-8/h5-7H,2-4,14H2,1H3. The summed E-state index contributed by atoms with van der Waals surface area (Å²) in [5.41, 5.74) is 5.32. The van der Waals surface area contributed by atoms with Gasteiger partial charge in [0, 0.05) is 25.2 Å². The molecule has 3 nitrogen and oxygen atoms in total. The van der Waals surface area contributed by atoms with E-state index in [0.29, 0.717) is 19.5 Å². The highest BCUT2D eigenvalue weighted by Gasteiger charge is 2.13. The van der Waals surface area contributed by atoms with Crippen LogP contribution in [0.2, 0.25) is 0 Å². The third kappa shape index (κ3) is 3.27. The van der Waals surface area contributed by atoms with Crippen molar-refractivity contribution in [2.75, 3.05) is 20.1 Å². The van der Waals surface area contributed by atoms with Gasteiger partial charge in [0.05, 0.1) is 0 Å². The zero-order valence-electron chi connectivity index (χ0n) is 9.04. The molecule has 0 saturated carbocycles. The van der Waals surface area contributed by atoms with Gasteiger partial charge in [0.15, 0.2) is 0 Å². The number of carbonyl (C=O) groups excluding carboxylic acids is 1. The summed E-state index contributed by atoms with van der Waals surface area (Å²) in [6.45, 7) is 0.933. The molecule has 88 valence electrons. The fraction of sp³-hybridized carbons (Fsp3) is 0.364. The number of amides is 1. The normalized spacial score (nSPS) is 10.2. The Morgan fingerprint density at radius 1 is 1.31 bits per heavy atom. The molecule has 5 heteroatoms. The minimum atomic E-state index is -0.754. The highest BCUT2D eigenvalue weighted by Crippen LogP contribution is 2.10. The van der Waals surface area contributed by atoms with Crippen LogP contribution in [0, 0.1) is 11.6 Å². The molecular weight excluding hydrogens is 214 g/mol. The van der Waals surface area contributed by atoms with Gasteiger partial charge < -0.3 is 10.6 Å². The summed E-state index contributed by atoms with van der Waals surface area (Å²) in [6.07, 6.45) is 0.653. The smallest absolute Gasteiger partial charge is 0.253 e. The van der Waals surface area contributed by atoms with Gasteiger partial charge in [-0.1, -0.05) is 0 Å². The number of benzene rings is 1. The van der Waals surface area contributed by atoms with Gasteiger partial charge in [-0.3, -0.25) is 4.79 Å². The average molecular weight is 228 g/mol. The Kier molecular flexibility index (Phi) is 4.37. The number of hydrogen-bond acceptors (Lipinski definition) is 2. The quantitative estimate of drug-likeness (QED) is 0.846. The van der Waals surface area contributed by atoms with Gasteiger partial charge >= 0.3 is 0 Å². The predicted octanol–water partition coefficient (Wildman–Crippen LogP) is 1.39. The molecule has 1 aromatic rings. The van der Waals surface area contributed by atoms with Crippen LogP contribution in [0.15, 0.2) is 18.2 Å². The number of rotatable bonds is 4. The Morgan fingerprint density at radius 3 is 2.38 bits per heavy atom. The van der Waals surface area contributed by atoms with Crippen LogP contribution in [-0.4, -0.2) is 30.9 Å². The molecule has 0 unspecified atom stereocenters. The molecular formula is C11H14F2N2O. The Bertz CT molecular complexity index is 362. The monoisotopic (exact) mass is 228 g/mol. The van der Waals surface area contributed by atoms with E-state index in [4.69, 9.17) is 5.73 Å². The molecule has 0 atom stereocenters. The molecule has 2 N–H and O–H groups in total. The number of nitrogens with two attached hydrogens (primary N) is 1. The van der Waals surface area contributed by atoms with Gasteiger partial charge in [0.2, 0.25) is 0 Å². The second kappa shape index (κ2) is 5.55. The van der Waals surface area contributed by atoms with E-state index in [-0.39, 0.29) is 5.56 Å². The summed E-state index contributed by atoms with van der Waals surface area (Å²) in [5.74, 6) is -1.92. The van der Waals surface area contributed by atoms with Crippen molar-refractivity contribution in [3.05, 3.63) is 35.4 Å². The van der Waals surface area contributed by atoms with Crippen molar-refractivity contribution in [3.63, 3.8) is 0 Å². The maximum atomic E-state index is 12.9. The van der Waals surface area contributed by atoms with E-state index < -0.39 is 17.5 Å². The zero-order valence-corrected chi connectivity index (χ0v) is 9.04. The van der Waals surface area contributed by atoms with Crippen LogP contribution in [-0.2, 0) is 0 Å². The maximum absolute atomic E-state index is 12.9. The predicted molar refractivity (Wildman–Crippen MR) is 57.0 cm³/mol. The summed E-state index contributed by atoms with van der Waals surface area (Å²) in [5, 5.41) is 0. The third-order valence-corrected chi connectivity index (χ3v) is 2.15. The topological polar surface area (TPSA) is 46.3 Å². The molecule has 0 bridgehead atoms. The van der Waals surface area contributed by atoms with E-state index in [9.17, 15) is 13.6 Å². The highest BCUT2D eigenvalue weighted by molar-refractivity contribution is 5.94. The van der Waals surface area contributed by atoms with Gasteiger partial charge in [0.25, 0.3) is 5.91 Å². The fourth-order valence-corrected chi connectivity index (χ4v) is 1.33. The van der Waals surface area contributed by atoms with E-state index in [1.54, 1.807) is 7.05 Å². The molecule has 0 saturated heterocycles. The molecule has 0 aliphatic carbocycles. The van der Waals surface area contributed by atoms with Crippen LogP contribution in [0.5, 0.6) is 0 Å². The van der Waals surface area contributed by atoms with Crippen LogP contribution < -0.4 is 5.73 Å². The lowest BCUT2D eigenvalue weighted by atomic mass is 10.2. The molecule has 0 heterocycles. The number of nitrogens with zero attached hydrogens (tertiary/aromatic N) is 1. The SMILES string of the molecule is CN(CCCN)C(=O)c1cc(F)cc(F)c1. The first-order chi connectivity index (χ1) is 7.54. The van der Waals surface area contributed by atoms with Crippen molar-refractivity contribution in [3.8, 4) is 0 Å². The molecule has 1 rings (SSSR count). The first-order valence-electron chi connectivity index (χ1n) is 4.96. The van der Waals surface area contributed by atoms with E-state index in [2.05, 4.69) is 0 Å². The van der Waals surface area contributed by atoms with Crippen LogP contribution in [0.4, 0.5) is 8.78 Å². The summed E-state index contributed by atoms with van der Waals surface area (Å²) >= 11 is 0. The third-order valence-electron chi connectivity index (χ3n) is 2.15. The van der Waals surface area contributed by atoms with Crippen molar-refractivity contribution in [1.82, 2.24) is 4.90 Å². The molecule has 0 radical (unpaired) electrons. The van der Waals surface area contributed by atoms with E-state index >= 15 is 0 Å². The summed E-state index contributed by atoms with van der Waals surface area (Å²) in [7, 11) is 1.57. The first kappa shape index (κ1) is 12.6. The van der Waals surface area contributed by atoms with Crippen LogP contribution in [0.25, 0.3) is 0 Å². The van der Waals surface area contributed by atoms with Crippen molar-refractivity contribution in [2.45, 2.75) is 6.42 Å². The van der Waals surface area contributed by atoms with Gasteiger partial charge in [-0.2, -0.15) is 0 Å². The summed E-state index contributed by atoms with van der Waals surface area (Å²) in [4.78, 5) is 13.1. The van der Waals surface area contributed by atoms with Gasteiger partial charge in [-0.25, -0.2) is 8.78 Å². The van der Waals surface area contributed by atoms with E-state index in [1.165, 1.54) is 4.90 Å². The van der Waals surface area contributed by atoms with Crippen molar-refractivity contribution in [2.24, 2.45) is 5.73 Å². The summed E-state index contributed by atoms with van der Waals surface area (Å²) in [6, 6.07) is 2.77. The van der Waals surface area contributed by atoms with Gasteiger partial charge in [-0.15, -0.1) is 0 Å². The Morgan fingerprint density at radius 2 is 1.88 bits per heavy atom. The molecule has 0 aliphatic heterocycles. The molecule has 0 spiro atoms. The van der Waals surface area contributed by atoms with Gasteiger partial charge in [-0.05, 0) is 25.1 Å². The van der Waals surface area contributed by atoms with Gasteiger partial charge in [0.1, 0.15) is 11.6 Å². The second-order valence-corrected chi connectivity index (χ2v) is 3.53. The Balaban J connectivity index is 2.79. The number of hydrogen-bond donors (Lipinski definition) is 1. The molecule has 0 aliphatic rings.